The number of rotatable bonds is 2. The highest BCUT2D eigenvalue weighted by molar-refractivity contribution is 5.79. The maximum atomic E-state index is 4.60. The van der Waals surface area contributed by atoms with Gasteiger partial charge in [-0.3, -0.25) is 4.98 Å². The molecule has 0 bridgehead atoms. The molecule has 0 unspecified atom stereocenters. The lowest BCUT2D eigenvalue weighted by Crippen LogP contribution is -1.96. The standard InChI is InChI=1S/C15H13N3/c1-11-6-5-9-13-15(11)18-14(10-16-13)17-12-7-3-2-4-8-12/h2-10H,1H3,(H,17,18). The van der Waals surface area contributed by atoms with Gasteiger partial charge in [-0.05, 0) is 30.7 Å². The Morgan fingerprint density at radius 2 is 1.78 bits per heavy atom. The van der Waals surface area contributed by atoms with E-state index in [1.165, 1.54) is 0 Å². The maximum absolute atomic E-state index is 4.60. The number of nitrogens with one attached hydrogen (secondary N) is 1. The third kappa shape index (κ3) is 2.02. The van der Waals surface area contributed by atoms with Gasteiger partial charge >= 0.3 is 0 Å². The van der Waals surface area contributed by atoms with Crippen LogP contribution in [0.2, 0.25) is 0 Å². The Labute approximate surface area is 106 Å². The Balaban J connectivity index is 2.01. The van der Waals surface area contributed by atoms with Crippen LogP contribution in [0.1, 0.15) is 5.56 Å². The molecule has 0 aliphatic rings. The first-order valence-electron chi connectivity index (χ1n) is 5.87. The molecule has 2 aromatic carbocycles. The molecule has 0 amide bonds. The molecule has 0 fully saturated rings. The Morgan fingerprint density at radius 1 is 0.944 bits per heavy atom. The highest BCUT2D eigenvalue weighted by Crippen LogP contribution is 2.18. The molecule has 0 saturated heterocycles. The van der Waals surface area contributed by atoms with Crippen LogP contribution in [0.25, 0.3) is 11.0 Å². The molecule has 0 atom stereocenters. The molecule has 88 valence electrons. The van der Waals surface area contributed by atoms with Crippen molar-refractivity contribution in [2.45, 2.75) is 6.92 Å². The zero-order valence-electron chi connectivity index (χ0n) is 10.1. The van der Waals surface area contributed by atoms with E-state index >= 15 is 0 Å². The Bertz CT molecular complexity index is 678. The fourth-order valence-corrected chi connectivity index (χ4v) is 1.90. The van der Waals surface area contributed by atoms with Gasteiger partial charge in [-0.15, -0.1) is 0 Å². The van der Waals surface area contributed by atoms with Crippen molar-refractivity contribution in [3.63, 3.8) is 0 Å². The number of anilines is 2. The first kappa shape index (κ1) is 10.7. The molecule has 0 spiro atoms. The quantitative estimate of drug-likeness (QED) is 0.736. The Hall–Kier alpha value is -2.42. The van der Waals surface area contributed by atoms with E-state index in [0.717, 1.165) is 28.1 Å². The third-order valence-electron chi connectivity index (χ3n) is 2.82. The van der Waals surface area contributed by atoms with Crippen LogP contribution in [0.5, 0.6) is 0 Å². The van der Waals surface area contributed by atoms with Gasteiger partial charge in [0, 0.05) is 5.69 Å². The van der Waals surface area contributed by atoms with Crippen LogP contribution in [0.3, 0.4) is 0 Å². The molecule has 18 heavy (non-hydrogen) atoms. The Kier molecular flexibility index (Phi) is 2.65. The summed E-state index contributed by atoms with van der Waals surface area (Å²) in [6, 6.07) is 16.0. The first-order valence-corrected chi connectivity index (χ1v) is 5.87. The molecular formula is C15H13N3. The van der Waals surface area contributed by atoms with E-state index in [-0.39, 0.29) is 0 Å². The minimum atomic E-state index is 0.767. The second-order valence-corrected chi connectivity index (χ2v) is 4.19. The lowest BCUT2D eigenvalue weighted by atomic mass is 10.2. The van der Waals surface area contributed by atoms with E-state index in [0.29, 0.717) is 0 Å². The molecule has 1 aromatic heterocycles. The fraction of sp³-hybridized carbons (Fsp3) is 0.0667. The number of aromatic nitrogens is 2. The summed E-state index contributed by atoms with van der Waals surface area (Å²) in [6.07, 6.45) is 1.76. The molecule has 0 radical (unpaired) electrons. The molecule has 3 aromatic rings. The van der Waals surface area contributed by atoms with Crippen molar-refractivity contribution in [2.75, 3.05) is 5.32 Å². The number of hydrogen-bond donors (Lipinski definition) is 1. The van der Waals surface area contributed by atoms with Gasteiger partial charge in [0.2, 0.25) is 0 Å². The van der Waals surface area contributed by atoms with E-state index in [1.54, 1.807) is 6.20 Å². The van der Waals surface area contributed by atoms with Gasteiger partial charge in [-0.25, -0.2) is 4.98 Å². The highest BCUT2D eigenvalue weighted by atomic mass is 15.0. The van der Waals surface area contributed by atoms with E-state index in [4.69, 9.17) is 0 Å². The summed E-state index contributed by atoms with van der Waals surface area (Å²) >= 11 is 0. The summed E-state index contributed by atoms with van der Waals surface area (Å²) in [4.78, 5) is 9.01. The van der Waals surface area contributed by atoms with Crippen LogP contribution in [-0.4, -0.2) is 9.97 Å². The molecule has 3 nitrogen and oxygen atoms in total. The van der Waals surface area contributed by atoms with E-state index in [1.807, 2.05) is 55.5 Å². The summed E-state index contributed by atoms with van der Waals surface area (Å²) in [5.41, 5.74) is 4.02. The number of fused-ring (bicyclic) bond motifs is 1. The smallest absolute Gasteiger partial charge is 0.149 e. The van der Waals surface area contributed by atoms with Gasteiger partial charge in [0.1, 0.15) is 5.82 Å². The number of hydrogen-bond acceptors (Lipinski definition) is 3. The summed E-state index contributed by atoms with van der Waals surface area (Å²) in [7, 11) is 0. The number of benzene rings is 2. The van der Waals surface area contributed by atoms with Gasteiger partial charge in [0.25, 0.3) is 0 Å². The summed E-state index contributed by atoms with van der Waals surface area (Å²) in [5, 5.41) is 3.25. The topological polar surface area (TPSA) is 37.8 Å². The van der Waals surface area contributed by atoms with Gasteiger partial charge in [0.15, 0.2) is 0 Å². The molecule has 0 saturated carbocycles. The maximum Gasteiger partial charge on any atom is 0.149 e. The lowest BCUT2D eigenvalue weighted by Gasteiger charge is -2.07. The minimum absolute atomic E-state index is 0.767. The fourth-order valence-electron chi connectivity index (χ4n) is 1.90. The van der Waals surface area contributed by atoms with Crippen LogP contribution in [-0.2, 0) is 0 Å². The van der Waals surface area contributed by atoms with Crippen molar-refractivity contribution in [3.05, 3.63) is 60.3 Å². The van der Waals surface area contributed by atoms with Crippen LogP contribution in [0, 0.1) is 6.92 Å². The summed E-state index contributed by atoms with van der Waals surface area (Å²) in [6.45, 7) is 2.04. The summed E-state index contributed by atoms with van der Waals surface area (Å²) in [5.74, 6) is 0.767. The second-order valence-electron chi connectivity index (χ2n) is 4.19. The molecule has 0 aliphatic carbocycles. The number of para-hydroxylation sites is 2. The van der Waals surface area contributed by atoms with Crippen molar-refractivity contribution in [3.8, 4) is 0 Å². The largest absolute Gasteiger partial charge is 0.339 e. The number of aryl methyl sites for hydroxylation is 1. The Morgan fingerprint density at radius 3 is 2.61 bits per heavy atom. The van der Waals surface area contributed by atoms with Crippen molar-refractivity contribution < 1.29 is 0 Å². The third-order valence-corrected chi connectivity index (χ3v) is 2.82. The second kappa shape index (κ2) is 4.45. The molecule has 1 N–H and O–H groups in total. The van der Waals surface area contributed by atoms with Crippen molar-refractivity contribution in [1.29, 1.82) is 0 Å². The zero-order chi connectivity index (χ0) is 12.4. The van der Waals surface area contributed by atoms with Gasteiger partial charge in [-0.1, -0.05) is 30.3 Å². The normalized spacial score (nSPS) is 10.5. The van der Waals surface area contributed by atoms with Crippen molar-refractivity contribution >= 4 is 22.5 Å². The lowest BCUT2D eigenvalue weighted by molar-refractivity contribution is 1.26. The molecule has 3 rings (SSSR count). The molecule has 3 heteroatoms. The van der Waals surface area contributed by atoms with Crippen LogP contribution < -0.4 is 5.32 Å². The highest BCUT2D eigenvalue weighted by Gasteiger charge is 2.02. The molecular weight excluding hydrogens is 222 g/mol. The van der Waals surface area contributed by atoms with Crippen LogP contribution in [0.15, 0.2) is 54.7 Å². The van der Waals surface area contributed by atoms with Gasteiger partial charge in [-0.2, -0.15) is 0 Å². The van der Waals surface area contributed by atoms with Crippen LogP contribution in [0.4, 0.5) is 11.5 Å². The van der Waals surface area contributed by atoms with Gasteiger partial charge in [0.05, 0.1) is 17.2 Å². The SMILES string of the molecule is Cc1cccc2ncc(Nc3ccccc3)nc12. The summed E-state index contributed by atoms with van der Waals surface area (Å²) < 4.78 is 0. The number of nitrogens with zero attached hydrogens (tertiary/aromatic N) is 2. The predicted octanol–water partition coefficient (Wildman–Crippen LogP) is 3.68. The minimum Gasteiger partial charge on any atom is -0.339 e. The average molecular weight is 235 g/mol. The average Bonchev–Trinajstić information content (AvgIpc) is 2.41. The van der Waals surface area contributed by atoms with E-state index in [9.17, 15) is 0 Å². The van der Waals surface area contributed by atoms with Crippen molar-refractivity contribution in [1.82, 2.24) is 9.97 Å². The molecule has 1 heterocycles. The van der Waals surface area contributed by atoms with E-state index < -0.39 is 0 Å². The first-order chi connectivity index (χ1) is 8.83. The monoisotopic (exact) mass is 235 g/mol. The predicted molar refractivity (Wildman–Crippen MR) is 74.0 cm³/mol. The van der Waals surface area contributed by atoms with Crippen LogP contribution >= 0.6 is 0 Å². The van der Waals surface area contributed by atoms with E-state index in [2.05, 4.69) is 15.3 Å². The molecule has 0 aliphatic heterocycles. The van der Waals surface area contributed by atoms with Gasteiger partial charge < -0.3 is 5.32 Å². The zero-order valence-corrected chi connectivity index (χ0v) is 10.1. The van der Waals surface area contributed by atoms with Crippen molar-refractivity contribution in [2.24, 2.45) is 0 Å².